The van der Waals surface area contributed by atoms with Crippen molar-refractivity contribution in [3.05, 3.63) is 59.9 Å². The van der Waals surface area contributed by atoms with Gasteiger partial charge in [-0.05, 0) is 49.7 Å². The van der Waals surface area contributed by atoms with Crippen molar-refractivity contribution in [1.29, 1.82) is 0 Å². The van der Waals surface area contributed by atoms with E-state index in [2.05, 4.69) is 18.3 Å². The van der Waals surface area contributed by atoms with Gasteiger partial charge in [0.2, 0.25) is 0 Å². The summed E-state index contributed by atoms with van der Waals surface area (Å²) in [4.78, 5) is 0. The smallest absolute Gasteiger partial charge is 0.134 e. The minimum absolute atomic E-state index is 0.0614. The van der Waals surface area contributed by atoms with E-state index in [1.54, 1.807) is 6.07 Å². The molecule has 0 saturated carbocycles. The average Bonchev–Trinajstić information content (AvgIpc) is 2.87. The van der Waals surface area contributed by atoms with Gasteiger partial charge in [-0.15, -0.1) is 0 Å². The molecule has 0 spiro atoms. The lowest BCUT2D eigenvalue weighted by atomic mass is 10.1. The molecule has 2 N–H and O–H groups in total. The summed E-state index contributed by atoms with van der Waals surface area (Å²) in [5.74, 6) is 1.21. The number of rotatable bonds is 3. The molecule has 0 aliphatic heterocycles. The van der Waals surface area contributed by atoms with E-state index in [1.165, 1.54) is 0 Å². The third kappa shape index (κ3) is 2.35. The highest BCUT2D eigenvalue weighted by molar-refractivity contribution is 5.77. The molecular formula is C17H17NO2. The van der Waals surface area contributed by atoms with Crippen LogP contribution in [-0.2, 0) is 0 Å². The van der Waals surface area contributed by atoms with Gasteiger partial charge in [0.1, 0.15) is 17.1 Å². The summed E-state index contributed by atoms with van der Waals surface area (Å²) in [5, 5.41) is 14.0. The Morgan fingerprint density at radius 2 is 1.90 bits per heavy atom. The highest BCUT2D eigenvalue weighted by atomic mass is 16.3. The van der Waals surface area contributed by atoms with Crippen molar-refractivity contribution >= 4 is 16.7 Å². The molecule has 102 valence electrons. The van der Waals surface area contributed by atoms with Crippen LogP contribution in [0.15, 0.2) is 52.9 Å². The monoisotopic (exact) mass is 267 g/mol. The first-order valence-corrected chi connectivity index (χ1v) is 6.68. The summed E-state index contributed by atoms with van der Waals surface area (Å²) in [6.45, 7) is 3.94. The first-order chi connectivity index (χ1) is 9.63. The zero-order valence-electron chi connectivity index (χ0n) is 11.6. The van der Waals surface area contributed by atoms with Gasteiger partial charge < -0.3 is 14.8 Å². The van der Waals surface area contributed by atoms with E-state index in [-0.39, 0.29) is 6.04 Å². The number of anilines is 1. The normalized spacial score (nSPS) is 12.5. The molecule has 1 atom stereocenters. The summed E-state index contributed by atoms with van der Waals surface area (Å²) in [6, 6.07) is 15.6. The van der Waals surface area contributed by atoms with E-state index in [0.29, 0.717) is 5.75 Å². The Kier molecular flexibility index (Phi) is 3.11. The molecule has 3 aromatic rings. The number of phenols is 1. The van der Waals surface area contributed by atoms with Crippen LogP contribution in [0.25, 0.3) is 11.0 Å². The van der Waals surface area contributed by atoms with Crippen LogP contribution in [-0.4, -0.2) is 5.11 Å². The van der Waals surface area contributed by atoms with Crippen LogP contribution in [0.4, 0.5) is 5.69 Å². The highest BCUT2D eigenvalue weighted by Gasteiger charge is 2.11. The fraction of sp³-hybridized carbons (Fsp3) is 0.176. The maximum atomic E-state index is 9.54. The van der Waals surface area contributed by atoms with Gasteiger partial charge in [0.05, 0.1) is 6.04 Å². The molecule has 0 radical (unpaired) electrons. The van der Waals surface area contributed by atoms with E-state index in [0.717, 1.165) is 28.0 Å². The Morgan fingerprint density at radius 1 is 1.10 bits per heavy atom. The predicted molar refractivity (Wildman–Crippen MR) is 81.1 cm³/mol. The second-order valence-corrected chi connectivity index (χ2v) is 5.05. The maximum Gasteiger partial charge on any atom is 0.134 e. The number of aryl methyl sites for hydroxylation is 1. The number of aromatic hydroxyl groups is 1. The third-order valence-corrected chi connectivity index (χ3v) is 3.45. The number of fused-ring (bicyclic) bond motifs is 1. The van der Waals surface area contributed by atoms with Crippen molar-refractivity contribution in [2.75, 3.05) is 5.32 Å². The van der Waals surface area contributed by atoms with Crippen LogP contribution < -0.4 is 5.32 Å². The van der Waals surface area contributed by atoms with E-state index < -0.39 is 0 Å². The van der Waals surface area contributed by atoms with E-state index in [9.17, 15) is 5.11 Å². The van der Waals surface area contributed by atoms with E-state index in [4.69, 9.17) is 4.42 Å². The molecule has 0 aliphatic rings. The summed E-state index contributed by atoms with van der Waals surface area (Å²) in [7, 11) is 0. The predicted octanol–water partition coefficient (Wildman–Crippen LogP) is 4.62. The Labute approximate surface area is 117 Å². The molecule has 1 unspecified atom stereocenters. The van der Waals surface area contributed by atoms with Gasteiger partial charge in [0, 0.05) is 11.1 Å². The second-order valence-electron chi connectivity index (χ2n) is 5.05. The van der Waals surface area contributed by atoms with Crippen molar-refractivity contribution in [2.45, 2.75) is 19.9 Å². The van der Waals surface area contributed by atoms with Crippen LogP contribution in [0.5, 0.6) is 5.75 Å². The van der Waals surface area contributed by atoms with Crippen molar-refractivity contribution < 1.29 is 9.52 Å². The molecular weight excluding hydrogens is 250 g/mol. The molecule has 1 heterocycles. The van der Waals surface area contributed by atoms with Gasteiger partial charge in [-0.25, -0.2) is 0 Å². The fourth-order valence-electron chi connectivity index (χ4n) is 2.28. The molecule has 20 heavy (non-hydrogen) atoms. The number of benzene rings is 2. The van der Waals surface area contributed by atoms with Gasteiger partial charge in [0.25, 0.3) is 0 Å². The van der Waals surface area contributed by atoms with Crippen LogP contribution >= 0.6 is 0 Å². The van der Waals surface area contributed by atoms with Crippen molar-refractivity contribution in [2.24, 2.45) is 0 Å². The molecule has 3 rings (SSSR count). The zero-order valence-corrected chi connectivity index (χ0v) is 11.6. The molecule has 3 nitrogen and oxygen atoms in total. The largest absolute Gasteiger partial charge is 0.508 e. The first-order valence-electron chi connectivity index (χ1n) is 6.68. The number of hydrogen-bond acceptors (Lipinski definition) is 3. The topological polar surface area (TPSA) is 45.4 Å². The van der Waals surface area contributed by atoms with Crippen LogP contribution in [0, 0.1) is 6.92 Å². The number of hydrogen-bond donors (Lipinski definition) is 2. The Hall–Kier alpha value is -2.42. The SMILES string of the molecule is Cc1cc(NC(C)c2cc3ccccc3o2)ccc1O. The van der Waals surface area contributed by atoms with E-state index >= 15 is 0 Å². The summed E-state index contributed by atoms with van der Waals surface area (Å²) >= 11 is 0. The molecule has 0 aliphatic carbocycles. The van der Waals surface area contributed by atoms with Crippen molar-refractivity contribution in [3.63, 3.8) is 0 Å². The standard InChI is InChI=1S/C17H17NO2/c1-11-9-14(7-8-15(11)19)18-12(2)17-10-13-5-3-4-6-16(13)20-17/h3-10,12,18-19H,1-2H3. The summed E-state index contributed by atoms with van der Waals surface area (Å²) in [6.07, 6.45) is 0. The maximum absolute atomic E-state index is 9.54. The minimum atomic E-state index is 0.0614. The quantitative estimate of drug-likeness (QED) is 0.680. The minimum Gasteiger partial charge on any atom is -0.508 e. The summed E-state index contributed by atoms with van der Waals surface area (Å²) < 4.78 is 5.84. The molecule has 0 bridgehead atoms. The van der Waals surface area contributed by atoms with Gasteiger partial charge in [-0.1, -0.05) is 18.2 Å². The van der Waals surface area contributed by atoms with E-state index in [1.807, 2.05) is 43.3 Å². The first kappa shape index (κ1) is 12.6. The molecule has 1 aromatic heterocycles. The Balaban J connectivity index is 1.84. The van der Waals surface area contributed by atoms with Crippen LogP contribution in [0.1, 0.15) is 24.3 Å². The molecule has 3 heteroatoms. The lowest BCUT2D eigenvalue weighted by molar-refractivity contribution is 0.471. The van der Waals surface area contributed by atoms with Crippen molar-refractivity contribution in [3.8, 4) is 5.75 Å². The zero-order chi connectivity index (χ0) is 14.1. The van der Waals surface area contributed by atoms with Gasteiger partial charge >= 0.3 is 0 Å². The number of para-hydroxylation sites is 1. The van der Waals surface area contributed by atoms with Crippen LogP contribution in [0.2, 0.25) is 0 Å². The average molecular weight is 267 g/mol. The number of nitrogens with one attached hydrogen (secondary N) is 1. The number of phenolic OH excluding ortho intramolecular Hbond substituents is 1. The Bertz CT molecular complexity index is 713. The van der Waals surface area contributed by atoms with Gasteiger partial charge in [0.15, 0.2) is 0 Å². The van der Waals surface area contributed by atoms with Crippen molar-refractivity contribution in [1.82, 2.24) is 0 Å². The molecule has 0 amide bonds. The van der Waals surface area contributed by atoms with Gasteiger partial charge in [-0.3, -0.25) is 0 Å². The second kappa shape index (κ2) is 4.93. The summed E-state index contributed by atoms with van der Waals surface area (Å²) in [5.41, 5.74) is 2.72. The molecule has 2 aromatic carbocycles. The lowest BCUT2D eigenvalue weighted by Crippen LogP contribution is -2.05. The van der Waals surface area contributed by atoms with Crippen LogP contribution in [0.3, 0.4) is 0 Å². The van der Waals surface area contributed by atoms with Gasteiger partial charge in [-0.2, -0.15) is 0 Å². The molecule has 0 saturated heterocycles. The highest BCUT2D eigenvalue weighted by Crippen LogP contribution is 2.27. The Morgan fingerprint density at radius 3 is 2.65 bits per heavy atom. The lowest BCUT2D eigenvalue weighted by Gasteiger charge is -2.13. The third-order valence-electron chi connectivity index (χ3n) is 3.45. The number of furan rings is 1. The molecule has 0 fully saturated rings. The fourth-order valence-corrected chi connectivity index (χ4v) is 2.28.